The Kier molecular flexibility index (Phi) is 5.46. The minimum absolute atomic E-state index is 0.00703. The van der Waals surface area contributed by atoms with Crippen molar-refractivity contribution in [3.63, 3.8) is 0 Å². The van der Waals surface area contributed by atoms with Crippen LogP contribution in [-0.4, -0.2) is 31.5 Å². The summed E-state index contributed by atoms with van der Waals surface area (Å²) in [6.45, 7) is 5.40. The van der Waals surface area contributed by atoms with Gasteiger partial charge in [-0.15, -0.1) is 0 Å². The van der Waals surface area contributed by atoms with Crippen LogP contribution in [0.3, 0.4) is 0 Å². The summed E-state index contributed by atoms with van der Waals surface area (Å²) in [6, 6.07) is 4.99. The van der Waals surface area contributed by atoms with Crippen molar-refractivity contribution in [2.75, 3.05) is 5.73 Å². The zero-order chi connectivity index (χ0) is 20.4. The molecule has 2 heterocycles. The van der Waals surface area contributed by atoms with E-state index in [0.717, 1.165) is 16.9 Å². The van der Waals surface area contributed by atoms with Crippen LogP contribution in [-0.2, 0) is 19.6 Å². The Morgan fingerprint density at radius 1 is 1.36 bits per heavy atom. The first kappa shape index (κ1) is 19.6. The van der Waals surface area contributed by atoms with E-state index in [4.69, 9.17) is 17.3 Å². The third-order valence-electron chi connectivity index (χ3n) is 4.45. The number of anilines is 1. The van der Waals surface area contributed by atoms with E-state index in [1.807, 2.05) is 23.0 Å². The highest BCUT2D eigenvalue weighted by Crippen LogP contribution is 2.18. The number of hydrogen-bond donors (Lipinski definition) is 3. The van der Waals surface area contributed by atoms with Gasteiger partial charge in [0.2, 0.25) is 0 Å². The number of nitrogens with two attached hydrogens (primary N) is 1. The first-order valence-corrected chi connectivity index (χ1v) is 9.09. The molecule has 0 aliphatic carbocycles. The van der Waals surface area contributed by atoms with E-state index in [0.29, 0.717) is 13.1 Å². The molecule has 0 saturated carbocycles. The number of fused-ring (bicyclic) bond motifs is 1. The van der Waals surface area contributed by atoms with E-state index in [-0.39, 0.29) is 28.8 Å². The Labute approximate surface area is 165 Å². The van der Waals surface area contributed by atoms with Gasteiger partial charge in [0.15, 0.2) is 22.5 Å². The molecule has 0 unspecified atom stereocenters. The summed E-state index contributed by atoms with van der Waals surface area (Å²) in [5.41, 5.74) is 7.57. The molecule has 0 bridgehead atoms. The van der Waals surface area contributed by atoms with E-state index in [1.54, 1.807) is 18.2 Å². The molecule has 2 aromatic heterocycles. The van der Waals surface area contributed by atoms with E-state index in [9.17, 15) is 14.7 Å². The molecule has 146 valence electrons. The number of hydrogen-bond acceptors (Lipinski definition) is 5. The Morgan fingerprint density at radius 3 is 2.75 bits per heavy atom. The number of nitrogens with one attached hydrogen (secondary N) is 1. The van der Waals surface area contributed by atoms with Crippen molar-refractivity contribution in [3.05, 3.63) is 46.6 Å². The second-order valence-electron chi connectivity index (χ2n) is 6.02. The van der Waals surface area contributed by atoms with Gasteiger partial charge in [0.1, 0.15) is 11.7 Å². The Hall–Kier alpha value is -3.20. The fraction of sp³-hybridized carbons (Fsp3) is 0.278. The van der Waals surface area contributed by atoms with E-state index >= 15 is 0 Å². The molecule has 0 fully saturated rings. The number of carbonyl (C=O) groups excluding carboxylic acids is 1. The van der Waals surface area contributed by atoms with Crippen molar-refractivity contribution < 1.29 is 19.3 Å². The Balaban J connectivity index is 1.99. The maximum absolute atomic E-state index is 12.5. The number of aromatic nitrogens is 4. The molecule has 0 atom stereocenters. The smallest absolute Gasteiger partial charge is 0.335 e. The van der Waals surface area contributed by atoms with Gasteiger partial charge in [-0.2, -0.15) is 0 Å². The number of carboxylic acid groups (broad SMARTS) is 1. The molecular formula is C18H20ClN6O3+. The highest BCUT2D eigenvalue weighted by Gasteiger charge is 2.25. The zero-order valence-electron chi connectivity index (χ0n) is 15.4. The van der Waals surface area contributed by atoms with Crippen molar-refractivity contribution in [2.24, 2.45) is 0 Å². The number of halogens is 1. The molecule has 0 saturated heterocycles. The van der Waals surface area contributed by atoms with Gasteiger partial charge in [0.05, 0.1) is 24.8 Å². The lowest BCUT2D eigenvalue weighted by atomic mass is 10.2. The van der Waals surface area contributed by atoms with Gasteiger partial charge < -0.3 is 16.2 Å². The molecule has 10 heteroatoms. The lowest BCUT2D eigenvalue weighted by Gasteiger charge is -2.07. The van der Waals surface area contributed by atoms with Gasteiger partial charge >= 0.3 is 5.97 Å². The average molecular weight is 404 g/mol. The number of imidazole rings is 1. The standard InChI is InChI=1S/C18H19ClN6O3/c1-3-24-11-6-5-10(18(27)28)7-12(11)25(4-2)14(24)9-22-17(26)15-16(20)21-8-13(19)23-15/h5-8H,3-4,9H2,1-2H3,(H3-,20,21,22,26,27,28)/p+1. The van der Waals surface area contributed by atoms with Gasteiger partial charge in [-0.25, -0.2) is 23.9 Å². The van der Waals surface area contributed by atoms with Gasteiger partial charge in [0, 0.05) is 6.07 Å². The van der Waals surface area contributed by atoms with Crippen LogP contribution in [0.2, 0.25) is 5.15 Å². The number of nitrogens with zero attached hydrogens (tertiary/aromatic N) is 4. The number of amides is 1. The van der Waals surface area contributed by atoms with E-state index in [2.05, 4.69) is 15.3 Å². The van der Waals surface area contributed by atoms with E-state index < -0.39 is 11.9 Å². The summed E-state index contributed by atoms with van der Waals surface area (Å²) in [5, 5.41) is 12.2. The fourth-order valence-corrected chi connectivity index (χ4v) is 3.34. The molecule has 3 aromatic rings. The highest BCUT2D eigenvalue weighted by atomic mass is 35.5. The van der Waals surface area contributed by atoms with Crippen LogP contribution in [0.1, 0.15) is 40.5 Å². The molecule has 0 aliphatic heterocycles. The summed E-state index contributed by atoms with van der Waals surface area (Å²) in [7, 11) is 0. The molecule has 28 heavy (non-hydrogen) atoms. The molecule has 0 aliphatic rings. The first-order valence-electron chi connectivity index (χ1n) is 8.71. The lowest BCUT2D eigenvalue weighted by Crippen LogP contribution is -2.40. The highest BCUT2D eigenvalue weighted by molar-refractivity contribution is 6.29. The summed E-state index contributed by atoms with van der Waals surface area (Å²) >= 11 is 5.80. The van der Waals surface area contributed by atoms with Crippen molar-refractivity contribution >= 4 is 40.3 Å². The first-order chi connectivity index (χ1) is 13.4. The summed E-state index contributed by atoms with van der Waals surface area (Å²) in [6.07, 6.45) is 1.27. The number of benzene rings is 1. The van der Waals surface area contributed by atoms with Crippen molar-refractivity contribution in [1.82, 2.24) is 19.9 Å². The molecule has 9 nitrogen and oxygen atoms in total. The van der Waals surface area contributed by atoms with Crippen LogP contribution in [0.15, 0.2) is 24.4 Å². The van der Waals surface area contributed by atoms with E-state index in [1.165, 1.54) is 6.20 Å². The maximum Gasteiger partial charge on any atom is 0.335 e. The Bertz CT molecular complexity index is 1080. The molecule has 0 radical (unpaired) electrons. The van der Waals surface area contributed by atoms with Crippen molar-refractivity contribution in [3.8, 4) is 0 Å². The topological polar surface area (TPSA) is 127 Å². The molecule has 4 N–H and O–H groups in total. The van der Waals surface area contributed by atoms with Crippen molar-refractivity contribution in [1.29, 1.82) is 0 Å². The summed E-state index contributed by atoms with van der Waals surface area (Å²) < 4.78 is 4.00. The molecule has 1 amide bonds. The third-order valence-corrected chi connectivity index (χ3v) is 4.64. The predicted octanol–water partition coefficient (Wildman–Crippen LogP) is 1.62. The largest absolute Gasteiger partial charge is 0.478 e. The number of aromatic carboxylic acids is 1. The molecule has 0 spiro atoms. The van der Waals surface area contributed by atoms with Crippen LogP contribution < -0.4 is 15.6 Å². The van der Waals surface area contributed by atoms with Gasteiger partial charge in [-0.1, -0.05) is 11.6 Å². The van der Waals surface area contributed by atoms with Gasteiger partial charge in [-0.3, -0.25) is 4.79 Å². The van der Waals surface area contributed by atoms with Crippen LogP contribution in [0.5, 0.6) is 0 Å². The van der Waals surface area contributed by atoms with Gasteiger partial charge in [-0.05, 0) is 26.0 Å². The van der Waals surface area contributed by atoms with Crippen molar-refractivity contribution in [2.45, 2.75) is 33.5 Å². The molecular weight excluding hydrogens is 384 g/mol. The quantitative estimate of drug-likeness (QED) is 0.537. The average Bonchev–Trinajstić information content (AvgIpc) is 2.99. The maximum atomic E-state index is 12.5. The monoisotopic (exact) mass is 403 g/mol. The second-order valence-corrected chi connectivity index (χ2v) is 6.41. The molecule has 3 rings (SSSR count). The SMILES string of the molecule is CCn1c(CNC(=O)c2nc(Cl)cnc2N)[n+](CC)c2ccc(C(=O)O)cc21. The number of nitrogen functional groups attached to an aromatic ring is 1. The lowest BCUT2D eigenvalue weighted by molar-refractivity contribution is -0.676. The number of rotatable bonds is 6. The minimum Gasteiger partial charge on any atom is -0.478 e. The Morgan fingerprint density at radius 2 is 2.11 bits per heavy atom. The third kappa shape index (κ3) is 3.48. The number of aryl methyl sites for hydroxylation is 2. The van der Waals surface area contributed by atoms with Crippen LogP contribution in [0.25, 0.3) is 11.0 Å². The number of carboxylic acids is 1. The summed E-state index contributed by atoms with van der Waals surface area (Å²) in [4.78, 5) is 31.6. The summed E-state index contributed by atoms with van der Waals surface area (Å²) in [5.74, 6) is -0.662. The van der Waals surface area contributed by atoms with Crippen LogP contribution in [0, 0.1) is 0 Å². The van der Waals surface area contributed by atoms with Gasteiger partial charge in [0.25, 0.3) is 11.7 Å². The number of carbonyl (C=O) groups is 2. The minimum atomic E-state index is -0.987. The normalized spacial score (nSPS) is 11.0. The van der Waals surface area contributed by atoms with Crippen LogP contribution >= 0.6 is 11.6 Å². The molecule has 1 aromatic carbocycles. The predicted molar refractivity (Wildman–Crippen MR) is 103 cm³/mol. The second kappa shape index (κ2) is 7.81. The fourth-order valence-electron chi connectivity index (χ4n) is 3.21. The zero-order valence-corrected chi connectivity index (χ0v) is 16.2. The van der Waals surface area contributed by atoms with Crippen LogP contribution in [0.4, 0.5) is 5.82 Å².